The molecule has 0 saturated carbocycles. The number of hydrazine groups is 1. The first kappa shape index (κ1) is 11.8. The van der Waals surface area contributed by atoms with Gasteiger partial charge in [-0.3, -0.25) is 5.84 Å². The number of nitrogens with two attached hydrogens (primary N) is 1. The third-order valence-corrected chi connectivity index (χ3v) is 2.55. The first-order valence-corrected chi connectivity index (χ1v) is 4.98. The van der Waals surface area contributed by atoms with Crippen molar-refractivity contribution < 1.29 is 10.2 Å². The summed E-state index contributed by atoms with van der Waals surface area (Å²) < 4.78 is 0. The molecule has 84 valence electrons. The third-order valence-electron chi connectivity index (χ3n) is 2.55. The Morgan fingerprint density at radius 1 is 1.71 bits per heavy atom. The minimum absolute atomic E-state index is 0.454. The fourth-order valence-corrected chi connectivity index (χ4v) is 1.62. The van der Waals surface area contributed by atoms with E-state index in [0.29, 0.717) is 12.6 Å². The first-order valence-electron chi connectivity index (χ1n) is 4.98. The van der Waals surface area contributed by atoms with E-state index in [4.69, 9.17) is 11.1 Å². The maximum Gasteiger partial charge on any atom is 0.0392 e. The van der Waals surface area contributed by atoms with Gasteiger partial charge in [-0.2, -0.15) is 5.06 Å². The highest BCUT2D eigenvalue weighted by Crippen LogP contribution is 2.11. The zero-order valence-electron chi connectivity index (χ0n) is 8.65. The van der Waals surface area contributed by atoms with Gasteiger partial charge in [0.2, 0.25) is 0 Å². The van der Waals surface area contributed by atoms with Gasteiger partial charge in [0, 0.05) is 39.3 Å². The molecule has 1 saturated heterocycles. The lowest BCUT2D eigenvalue weighted by molar-refractivity contribution is -0.387. The molecule has 0 aromatic carbocycles. The van der Waals surface area contributed by atoms with Crippen molar-refractivity contribution in [2.24, 2.45) is 5.84 Å². The highest BCUT2D eigenvalue weighted by atomic mass is 17.2. The van der Waals surface area contributed by atoms with Gasteiger partial charge in [0.05, 0.1) is 0 Å². The second-order valence-electron chi connectivity index (χ2n) is 3.67. The Kier molecular flexibility index (Phi) is 5.31. The molecule has 14 heavy (non-hydrogen) atoms. The number of hydrogen-bond acceptors (Lipinski definition) is 6. The highest BCUT2D eigenvalue weighted by molar-refractivity contribution is 4.76. The van der Waals surface area contributed by atoms with E-state index in [-0.39, 0.29) is 0 Å². The van der Waals surface area contributed by atoms with Crippen LogP contribution in [-0.2, 0) is 4.99 Å². The van der Waals surface area contributed by atoms with Crippen LogP contribution in [0.5, 0.6) is 0 Å². The largest absolute Gasteiger partial charge is 0.314 e. The van der Waals surface area contributed by atoms with Gasteiger partial charge in [0.25, 0.3) is 0 Å². The zero-order valence-corrected chi connectivity index (χ0v) is 8.65. The average Bonchev–Trinajstić information content (AvgIpc) is 2.58. The molecule has 4 N–H and O–H groups in total. The summed E-state index contributed by atoms with van der Waals surface area (Å²) in [5.41, 5.74) is 0. The summed E-state index contributed by atoms with van der Waals surface area (Å²) in [7, 11) is 1.67. The van der Waals surface area contributed by atoms with Crippen molar-refractivity contribution >= 4 is 0 Å². The summed E-state index contributed by atoms with van der Waals surface area (Å²) >= 11 is 0. The summed E-state index contributed by atoms with van der Waals surface area (Å²) in [6.07, 6.45) is 2.35. The van der Waals surface area contributed by atoms with Gasteiger partial charge < -0.3 is 5.32 Å². The molecule has 1 rings (SSSR count). The summed E-state index contributed by atoms with van der Waals surface area (Å²) in [5, 5.41) is 14.8. The lowest BCUT2D eigenvalue weighted by atomic mass is 10.2. The van der Waals surface area contributed by atoms with Crippen LogP contribution in [0.4, 0.5) is 0 Å². The van der Waals surface area contributed by atoms with Gasteiger partial charge in [0.1, 0.15) is 0 Å². The SMILES string of the molecule is CN(CCNCC1CCCN1N)OO. The fraction of sp³-hybridized carbons (Fsp3) is 1.00. The molecule has 1 unspecified atom stereocenters. The number of nitrogens with zero attached hydrogens (tertiary/aromatic N) is 2. The topological polar surface area (TPSA) is 74.0 Å². The third kappa shape index (κ3) is 3.87. The van der Waals surface area contributed by atoms with Gasteiger partial charge in [-0.25, -0.2) is 10.3 Å². The van der Waals surface area contributed by atoms with Gasteiger partial charge in [-0.15, -0.1) is 4.99 Å². The molecule has 0 bridgehead atoms. The van der Waals surface area contributed by atoms with Crippen molar-refractivity contribution in [3.63, 3.8) is 0 Å². The predicted octanol–water partition coefficient (Wildman–Crippen LogP) is -0.749. The van der Waals surface area contributed by atoms with Crippen LogP contribution in [0.2, 0.25) is 0 Å². The molecule has 1 aliphatic heterocycles. The van der Waals surface area contributed by atoms with Crippen LogP contribution in [0.25, 0.3) is 0 Å². The van der Waals surface area contributed by atoms with Gasteiger partial charge in [0.15, 0.2) is 0 Å². The van der Waals surface area contributed by atoms with Crippen LogP contribution in [0.15, 0.2) is 0 Å². The molecule has 0 aromatic heterocycles. The number of rotatable bonds is 6. The standard InChI is InChI=1S/C8H20N4O2/c1-11(14-13)6-4-10-7-8-3-2-5-12(8)9/h8,10,13H,2-7,9H2,1H3. The Morgan fingerprint density at radius 3 is 3.07 bits per heavy atom. The van der Waals surface area contributed by atoms with E-state index in [1.54, 1.807) is 7.05 Å². The van der Waals surface area contributed by atoms with Crippen LogP contribution < -0.4 is 11.2 Å². The molecule has 0 amide bonds. The average molecular weight is 204 g/mol. The minimum atomic E-state index is 0.454. The zero-order chi connectivity index (χ0) is 10.4. The molecule has 0 aromatic rings. The highest BCUT2D eigenvalue weighted by Gasteiger charge is 2.20. The second kappa shape index (κ2) is 6.28. The number of hydroxylamine groups is 2. The van der Waals surface area contributed by atoms with Crippen molar-refractivity contribution in [1.29, 1.82) is 0 Å². The Labute approximate surface area is 84.5 Å². The second-order valence-corrected chi connectivity index (χ2v) is 3.67. The molecule has 1 fully saturated rings. The van der Waals surface area contributed by atoms with E-state index in [1.165, 1.54) is 11.5 Å². The molecule has 1 heterocycles. The number of hydrogen-bond donors (Lipinski definition) is 3. The minimum Gasteiger partial charge on any atom is -0.314 e. The number of likely N-dealkylation sites (N-methyl/N-ethyl adjacent to an activating group) is 1. The van der Waals surface area contributed by atoms with E-state index in [0.717, 1.165) is 26.1 Å². The van der Waals surface area contributed by atoms with Crippen molar-refractivity contribution in [2.75, 3.05) is 33.2 Å². The molecule has 6 heteroatoms. The van der Waals surface area contributed by atoms with E-state index in [1.807, 2.05) is 5.01 Å². The molecule has 1 aliphatic rings. The lowest BCUT2D eigenvalue weighted by Crippen LogP contribution is -2.43. The molecule has 1 atom stereocenters. The van der Waals surface area contributed by atoms with Crippen LogP contribution in [-0.4, -0.2) is 54.6 Å². The Balaban J connectivity index is 1.98. The van der Waals surface area contributed by atoms with Crippen molar-refractivity contribution in [3.8, 4) is 0 Å². The maximum absolute atomic E-state index is 8.26. The predicted molar refractivity (Wildman–Crippen MR) is 53.1 cm³/mol. The molecule has 6 nitrogen and oxygen atoms in total. The summed E-state index contributed by atoms with van der Waals surface area (Å²) in [5.74, 6) is 5.77. The van der Waals surface area contributed by atoms with Crippen LogP contribution in [0.3, 0.4) is 0 Å². The van der Waals surface area contributed by atoms with E-state index in [2.05, 4.69) is 10.3 Å². The molecule has 0 aliphatic carbocycles. The molecule has 0 spiro atoms. The Bertz CT molecular complexity index is 158. The van der Waals surface area contributed by atoms with E-state index < -0.39 is 0 Å². The van der Waals surface area contributed by atoms with Crippen LogP contribution >= 0.6 is 0 Å². The van der Waals surface area contributed by atoms with Crippen LogP contribution in [0.1, 0.15) is 12.8 Å². The number of nitrogens with one attached hydrogen (secondary N) is 1. The van der Waals surface area contributed by atoms with Crippen molar-refractivity contribution in [1.82, 2.24) is 15.4 Å². The summed E-state index contributed by atoms with van der Waals surface area (Å²) in [6, 6.07) is 0.454. The van der Waals surface area contributed by atoms with Crippen molar-refractivity contribution in [2.45, 2.75) is 18.9 Å². The van der Waals surface area contributed by atoms with Gasteiger partial charge in [-0.05, 0) is 12.8 Å². The van der Waals surface area contributed by atoms with Gasteiger partial charge in [-0.1, -0.05) is 0 Å². The molecular formula is C8H20N4O2. The summed E-state index contributed by atoms with van der Waals surface area (Å²) in [4.78, 5) is 4.00. The Morgan fingerprint density at radius 2 is 2.50 bits per heavy atom. The van der Waals surface area contributed by atoms with Gasteiger partial charge >= 0.3 is 0 Å². The monoisotopic (exact) mass is 204 g/mol. The van der Waals surface area contributed by atoms with E-state index >= 15 is 0 Å². The lowest BCUT2D eigenvalue weighted by Gasteiger charge is -2.19. The van der Waals surface area contributed by atoms with E-state index in [9.17, 15) is 0 Å². The first-order chi connectivity index (χ1) is 6.74. The normalized spacial score (nSPS) is 23.6. The quantitative estimate of drug-likeness (QED) is 0.229. The maximum atomic E-state index is 8.26. The molecular weight excluding hydrogens is 184 g/mol. The summed E-state index contributed by atoms with van der Waals surface area (Å²) in [6.45, 7) is 3.32. The molecule has 0 radical (unpaired) electrons. The Hall–Kier alpha value is -0.240. The van der Waals surface area contributed by atoms with Crippen molar-refractivity contribution in [3.05, 3.63) is 0 Å². The smallest absolute Gasteiger partial charge is 0.0392 e. The van der Waals surface area contributed by atoms with Crippen LogP contribution in [0, 0.1) is 0 Å². The fourth-order valence-electron chi connectivity index (χ4n) is 1.62.